The Balaban J connectivity index is 1.41. The number of imide groups is 1. The summed E-state index contributed by atoms with van der Waals surface area (Å²) >= 11 is 1.72. The first-order chi connectivity index (χ1) is 14.5. The molecule has 1 aliphatic rings. The Labute approximate surface area is 181 Å². The van der Waals surface area contributed by atoms with E-state index in [0.29, 0.717) is 19.4 Å². The fraction of sp³-hybridized carbons (Fsp3) is 0.348. The predicted octanol–water partition coefficient (Wildman–Crippen LogP) is 2.98. The van der Waals surface area contributed by atoms with Crippen LogP contribution in [0.5, 0.6) is 0 Å². The largest absolute Gasteiger partial charge is 0.354 e. The van der Waals surface area contributed by atoms with Crippen molar-refractivity contribution in [2.24, 2.45) is 0 Å². The topological polar surface area (TPSA) is 78.5 Å². The number of nitrogens with one attached hydrogen (secondary N) is 2. The predicted molar refractivity (Wildman–Crippen MR) is 119 cm³/mol. The molecule has 0 unspecified atom stereocenters. The molecule has 1 saturated heterocycles. The van der Waals surface area contributed by atoms with E-state index in [-0.39, 0.29) is 18.4 Å². The second-order valence-electron chi connectivity index (χ2n) is 7.53. The molecule has 0 bridgehead atoms. The Kier molecular flexibility index (Phi) is 7.52. The Bertz CT molecular complexity index is 876. The van der Waals surface area contributed by atoms with Gasteiger partial charge in [-0.15, -0.1) is 0 Å². The van der Waals surface area contributed by atoms with Gasteiger partial charge in [-0.3, -0.25) is 14.5 Å². The number of benzene rings is 2. The maximum atomic E-state index is 12.8. The molecule has 2 aromatic rings. The van der Waals surface area contributed by atoms with Crippen LogP contribution in [0.4, 0.5) is 4.79 Å². The van der Waals surface area contributed by atoms with E-state index in [1.165, 1.54) is 5.56 Å². The number of rotatable bonds is 10. The van der Waals surface area contributed by atoms with Crippen LogP contribution >= 0.6 is 11.8 Å². The third-order valence-electron chi connectivity index (χ3n) is 5.08. The first-order valence-electron chi connectivity index (χ1n) is 10.0. The van der Waals surface area contributed by atoms with Crippen molar-refractivity contribution in [3.8, 4) is 0 Å². The Hall–Kier alpha value is -2.80. The van der Waals surface area contributed by atoms with Crippen LogP contribution < -0.4 is 10.6 Å². The molecule has 0 radical (unpaired) electrons. The summed E-state index contributed by atoms with van der Waals surface area (Å²) in [4.78, 5) is 38.3. The van der Waals surface area contributed by atoms with Gasteiger partial charge in [-0.25, -0.2) is 4.79 Å². The second-order valence-corrected chi connectivity index (χ2v) is 8.63. The molecular weight excluding hydrogens is 398 g/mol. The van der Waals surface area contributed by atoms with Crippen molar-refractivity contribution in [3.05, 3.63) is 71.8 Å². The lowest BCUT2D eigenvalue weighted by Gasteiger charge is -2.21. The summed E-state index contributed by atoms with van der Waals surface area (Å²) in [5.74, 6) is 0.960. The molecule has 0 spiro atoms. The molecule has 2 N–H and O–H groups in total. The number of hydrogen-bond donors (Lipinski definition) is 2. The highest BCUT2D eigenvalue weighted by atomic mass is 32.2. The number of carbonyl (C=O) groups excluding carboxylic acids is 3. The molecule has 0 aliphatic carbocycles. The van der Waals surface area contributed by atoms with E-state index in [1.54, 1.807) is 18.7 Å². The summed E-state index contributed by atoms with van der Waals surface area (Å²) in [6.07, 6.45) is 1.15. The third-order valence-corrected chi connectivity index (χ3v) is 6.11. The summed E-state index contributed by atoms with van der Waals surface area (Å²) in [7, 11) is 0. The highest BCUT2D eigenvalue weighted by Gasteiger charge is 2.47. The van der Waals surface area contributed by atoms with Crippen LogP contribution in [0, 0.1) is 0 Å². The standard InChI is InChI=1S/C23H27N3O3S/c1-23(13-12-18-8-4-2-5-9-18)21(28)26(22(29)25-23)16-20(27)24-14-15-30-17-19-10-6-3-7-11-19/h2-11H,12-17H2,1H3,(H,24,27)(H,25,29)/t23-/m1/s1. The number of nitrogens with zero attached hydrogens (tertiary/aromatic N) is 1. The van der Waals surface area contributed by atoms with Gasteiger partial charge in [-0.2, -0.15) is 11.8 Å². The quantitative estimate of drug-likeness (QED) is 0.453. The molecule has 1 heterocycles. The van der Waals surface area contributed by atoms with Gasteiger partial charge in [-0.1, -0.05) is 60.7 Å². The molecule has 3 rings (SSSR count). The van der Waals surface area contributed by atoms with Crippen LogP contribution in [0.1, 0.15) is 24.5 Å². The van der Waals surface area contributed by atoms with Gasteiger partial charge in [0.2, 0.25) is 5.91 Å². The smallest absolute Gasteiger partial charge is 0.325 e. The van der Waals surface area contributed by atoms with Gasteiger partial charge in [0, 0.05) is 18.1 Å². The van der Waals surface area contributed by atoms with Crippen LogP contribution in [0.15, 0.2) is 60.7 Å². The Morgan fingerprint density at radius 3 is 2.33 bits per heavy atom. The van der Waals surface area contributed by atoms with E-state index >= 15 is 0 Å². The maximum absolute atomic E-state index is 12.8. The summed E-state index contributed by atoms with van der Waals surface area (Å²) in [6, 6.07) is 19.4. The van der Waals surface area contributed by atoms with Crippen molar-refractivity contribution in [1.29, 1.82) is 0 Å². The maximum Gasteiger partial charge on any atom is 0.325 e. The molecule has 4 amide bonds. The minimum Gasteiger partial charge on any atom is -0.354 e. The average Bonchev–Trinajstić information content (AvgIpc) is 2.97. The molecule has 7 heteroatoms. The van der Waals surface area contributed by atoms with Gasteiger partial charge in [0.15, 0.2) is 0 Å². The van der Waals surface area contributed by atoms with Crippen LogP contribution in [0.2, 0.25) is 0 Å². The van der Waals surface area contributed by atoms with E-state index in [9.17, 15) is 14.4 Å². The Morgan fingerprint density at radius 1 is 1.03 bits per heavy atom. The number of amides is 4. The van der Waals surface area contributed by atoms with E-state index in [0.717, 1.165) is 22.0 Å². The van der Waals surface area contributed by atoms with Crippen molar-refractivity contribution in [3.63, 3.8) is 0 Å². The molecule has 6 nitrogen and oxygen atoms in total. The van der Waals surface area contributed by atoms with Crippen molar-refractivity contribution in [2.45, 2.75) is 31.1 Å². The van der Waals surface area contributed by atoms with E-state index in [2.05, 4.69) is 22.8 Å². The van der Waals surface area contributed by atoms with E-state index in [4.69, 9.17) is 0 Å². The zero-order valence-corrected chi connectivity index (χ0v) is 17.9. The summed E-state index contributed by atoms with van der Waals surface area (Å²) in [5, 5.41) is 5.54. The Morgan fingerprint density at radius 2 is 1.67 bits per heavy atom. The first kappa shape index (κ1) is 21.9. The molecule has 0 saturated carbocycles. The normalized spacial score (nSPS) is 18.4. The monoisotopic (exact) mass is 425 g/mol. The molecule has 1 aliphatic heterocycles. The van der Waals surface area contributed by atoms with Gasteiger partial charge in [0.25, 0.3) is 5.91 Å². The fourth-order valence-electron chi connectivity index (χ4n) is 3.33. The van der Waals surface area contributed by atoms with Crippen LogP contribution in [0.3, 0.4) is 0 Å². The van der Waals surface area contributed by atoms with E-state index in [1.807, 2.05) is 48.5 Å². The lowest BCUT2D eigenvalue weighted by atomic mass is 9.93. The van der Waals surface area contributed by atoms with Gasteiger partial charge in [0.05, 0.1) is 0 Å². The van der Waals surface area contributed by atoms with Crippen molar-refractivity contribution in [1.82, 2.24) is 15.5 Å². The molecule has 158 valence electrons. The zero-order chi connectivity index (χ0) is 21.4. The van der Waals surface area contributed by atoms with Gasteiger partial charge >= 0.3 is 6.03 Å². The van der Waals surface area contributed by atoms with Gasteiger partial charge in [-0.05, 0) is 30.9 Å². The lowest BCUT2D eigenvalue weighted by molar-refractivity contribution is -0.134. The SMILES string of the molecule is C[C@]1(CCc2ccccc2)NC(=O)N(CC(=O)NCCSCc2ccccc2)C1=O. The fourth-order valence-corrected chi connectivity index (χ4v) is 4.14. The molecule has 0 aromatic heterocycles. The van der Waals surface area contributed by atoms with Crippen LogP contribution in [0.25, 0.3) is 0 Å². The summed E-state index contributed by atoms with van der Waals surface area (Å²) in [5.41, 5.74) is 1.35. The average molecular weight is 426 g/mol. The van der Waals surface area contributed by atoms with Gasteiger partial charge < -0.3 is 10.6 Å². The van der Waals surface area contributed by atoms with Crippen molar-refractivity contribution in [2.75, 3.05) is 18.8 Å². The highest BCUT2D eigenvalue weighted by molar-refractivity contribution is 7.98. The van der Waals surface area contributed by atoms with E-state index < -0.39 is 11.6 Å². The number of hydrogen-bond acceptors (Lipinski definition) is 4. The number of thioether (sulfide) groups is 1. The molecule has 1 atom stereocenters. The van der Waals surface area contributed by atoms with Crippen molar-refractivity contribution < 1.29 is 14.4 Å². The first-order valence-corrected chi connectivity index (χ1v) is 11.2. The minimum atomic E-state index is -0.987. The third kappa shape index (κ3) is 5.86. The van der Waals surface area contributed by atoms with Gasteiger partial charge in [0.1, 0.15) is 12.1 Å². The molecule has 1 fully saturated rings. The number of aryl methyl sites for hydroxylation is 1. The number of urea groups is 1. The van der Waals surface area contributed by atoms with Crippen LogP contribution in [-0.4, -0.2) is 47.1 Å². The summed E-state index contributed by atoms with van der Waals surface area (Å²) in [6.45, 7) is 1.95. The molecule has 30 heavy (non-hydrogen) atoms. The lowest BCUT2D eigenvalue weighted by Crippen LogP contribution is -2.45. The van der Waals surface area contributed by atoms with Crippen LogP contribution in [-0.2, 0) is 21.8 Å². The zero-order valence-electron chi connectivity index (χ0n) is 17.1. The minimum absolute atomic E-state index is 0.255. The highest BCUT2D eigenvalue weighted by Crippen LogP contribution is 2.23. The molecular formula is C23H27N3O3S. The second kappa shape index (κ2) is 10.3. The summed E-state index contributed by atoms with van der Waals surface area (Å²) < 4.78 is 0. The number of carbonyl (C=O) groups is 3. The molecule has 2 aromatic carbocycles. The van der Waals surface area contributed by atoms with Crippen molar-refractivity contribution >= 4 is 29.6 Å².